The number of amides is 1. The molecule has 2 rings (SSSR count). The van der Waals surface area contributed by atoms with Crippen molar-refractivity contribution in [2.45, 2.75) is 26.3 Å². The van der Waals surface area contributed by atoms with E-state index >= 15 is 0 Å². The fraction of sp³-hybridized carbons (Fsp3) is 0.438. The Kier molecular flexibility index (Phi) is 4.05. The smallest absolute Gasteiger partial charge is 0.250 e. The number of hydrogen-bond acceptors (Lipinski definition) is 2. The van der Waals surface area contributed by atoms with Crippen LogP contribution in [0.1, 0.15) is 26.3 Å². The minimum atomic E-state index is -0.235. The molecule has 1 fully saturated rings. The number of benzene rings is 1. The van der Waals surface area contributed by atoms with Crippen molar-refractivity contribution >= 4 is 12.0 Å². The molecule has 0 aromatic heterocycles. The van der Waals surface area contributed by atoms with Crippen LogP contribution in [0.3, 0.4) is 0 Å². The van der Waals surface area contributed by atoms with E-state index in [0.29, 0.717) is 19.8 Å². The summed E-state index contributed by atoms with van der Waals surface area (Å²) in [5.41, 5.74) is 1.58. The Morgan fingerprint density at radius 2 is 2.00 bits per heavy atom. The summed E-state index contributed by atoms with van der Waals surface area (Å²) in [5.74, 6) is 0.0946. The van der Waals surface area contributed by atoms with Crippen LogP contribution in [0.5, 0.6) is 0 Å². The summed E-state index contributed by atoms with van der Waals surface area (Å²) in [5, 5.41) is 0. The standard InChI is InChI=1S/C16H21NO2/c1-13(11-14-7-5-4-6-8-14)15(18)17-9-10-19-12-16(17,2)3/h4-8,11H,9-10,12H2,1-3H3/b13-11+. The lowest BCUT2D eigenvalue weighted by molar-refractivity contribution is -0.141. The maximum Gasteiger partial charge on any atom is 0.250 e. The minimum absolute atomic E-state index is 0.0946. The highest BCUT2D eigenvalue weighted by atomic mass is 16.5. The largest absolute Gasteiger partial charge is 0.377 e. The molecule has 0 unspecified atom stereocenters. The predicted octanol–water partition coefficient (Wildman–Crippen LogP) is 2.73. The molecule has 0 radical (unpaired) electrons. The molecule has 0 bridgehead atoms. The van der Waals surface area contributed by atoms with Crippen LogP contribution < -0.4 is 0 Å². The predicted molar refractivity (Wildman–Crippen MR) is 76.7 cm³/mol. The molecule has 0 N–H and O–H groups in total. The summed E-state index contributed by atoms with van der Waals surface area (Å²) >= 11 is 0. The van der Waals surface area contributed by atoms with Gasteiger partial charge in [0.25, 0.3) is 0 Å². The molecule has 1 aliphatic heterocycles. The van der Waals surface area contributed by atoms with E-state index in [1.807, 2.05) is 62.1 Å². The topological polar surface area (TPSA) is 29.5 Å². The van der Waals surface area contributed by atoms with Gasteiger partial charge in [-0.25, -0.2) is 0 Å². The van der Waals surface area contributed by atoms with Gasteiger partial charge in [0, 0.05) is 12.1 Å². The van der Waals surface area contributed by atoms with Crippen LogP contribution in [-0.4, -0.2) is 36.1 Å². The van der Waals surface area contributed by atoms with E-state index < -0.39 is 0 Å². The third-order valence-electron chi connectivity index (χ3n) is 3.41. The zero-order valence-electron chi connectivity index (χ0n) is 11.8. The first kappa shape index (κ1) is 13.8. The zero-order valence-corrected chi connectivity index (χ0v) is 11.8. The lowest BCUT2D eigenvalue weighted by Gasteiger charge is -2.42. The van der Waals surface area contributed by atoms with Gasteiger partial charge in [-0.3, -0.25) is 4.79 Å². The molecule has 0 spiro atoms. The number of carbonyl (C=O) groups is 1. The normalized spacial score (nSPS) is 19.3. The Bertz CT molecular complexity index is 477. The third-order valence-corrected chi connectivity index (χ3v) is 3.41. The van der Waals surface area contributed by atoms with Crippen molar-refractivity contribution in [2.24, 2.45) is 0 Å². The van der Waals surface area contributed by atoms with Crippen LogP contribution in [0.15, 0.2) is 35.9 Å². The number of carbonyl (C=O) groups excluding carboxylic acids is 1. The summed E-state index contributed by atoms with van der Waals surface area (Å²) in [6.45, 7) is 7.83. The minimum Gasteiger partial charge on any atom is -0.377 e. The molecule has 102 valence electrons. The van der Waals surface area contributed by atoms with Gasteiger partial charge in [-0.2, -0.15) is 0 Å². The van der Waals surface area contributed by atoms with E-state index in [2.05, 4.69) is 0 Å². The van der Waals surface area contributed by atoms with Crippen LogP contribution in [0.25, 0.3) is 6.08 Å². The summed E-state index contributed by atoms with van der Waals surface area (Å²) in [4.78, 5) is 14.4. The molecule has 0 aliphatic carbocycles. The molecule has 0 saturated carbocycles. The van der Waals surface area contributed by atoms with Crippen LogP contribution in [0, 0.1) is 0 Å². The summed E-state index contributed by atoms with van der Waals surface area (Å²) in [6, 6.07) is 9.92. The van der Waals surface area contributed by atoms with Gasteiger partial charge < -0.3 is 9.64 Å². The van der Waals surface area contributed by atoms with Crippen molar-refractivity contribution in [3.05, 3.63) is 41.5 Å². The SMILES string of the molecule is C/C(=C\c1ccccc1)C(=O)N1CCOCC1(C)C. The molecular formula is C16H21NO2. The van der Waals surface area contributed by atoms with Crippen LogP contribution in [-0.2, 0) is 9.53 Å². The van der Waals surface area contributed by atoms with Gasteiger partial charge in [-0.15, -0.1) is 0 Å². The first-order chi connectivity index (χ1) is 9.00. The molecule has 1 aliphatic rings. The van der Waals surface area contributed by atoms with Gasteiger partial charge in [-0.1, -0.05) is 30.3 Å². The van der Waals surface area contributed by atoms with E-state index in [1.54, 1.807) is 0 Å². The molecule has 1 amide bonds. The van der Waals surface area contributed by atoms with Crippen molar-refractivity contribution in [3.63, 3.8) is 0 Å². The number of rotatable bonds is 2. The van der Waals surface area contributed by atoms with Gasteiger partial charge in [-0.05, 0) is 32.4 Å². The number of nitrogens with zero attached hydrogens (tertiary/aromatic N) is 1. The van der Waals surface area contributed by atoms with Gasteiger partial charge in [0.1, 0.15) is 0 Å². The van der Waals surface area contributed by atoms with Crippen molar-refractivity contribution < 1.29 is 9.53 Å². The molecule has 1 saturated heterocycles. The van der Waals surface area contributed by atoms with E-state index in [4.69, 9.17) is 4.74 Å². The first-order valence-electron chi connectivity index (χ1n) is 6.64. The van der Waals surface area contributed by atoms with E-state index in [9.17, 15) is 4.79 Å². The summed E-state index contributed by atoms with van der Waals surface area (Å²) in [7, 11) is 0. The Morgan fingerprint density at radius 1 is 1.32 bits per heavy atom. The number of ether oxygens (including phenoxy) is 1. The number of hydrogen-bond donors (Lipinski definition) is 0. The van der Waals surface area contributed by atoms with Crippen LogP contribution in [0.2, 0.25) is 0 Å². The van der Waals surface area contributed by atoms with Gasteiger partial charge in [0.15, 0.2) is 0 Å². The van der Waals surface area contributed by atoms with E-state index in [0.717, 1.165) is 11.1 Å². The third kappa shape index (κ3) is 3.24. The Balaban J connectivity index is 2.17. The Hall–Kier alpha value is -1.61. The average molecular weight is 259 g/mol. The van der Waals surface area contributed by atoms with Crippen LogP contribution >= 0.6 is 0 Å². The molecule has 1 aromatic carbocycles. The lowest BCUT2D eigenvalue weighted by Crippen LogP contribution is -2.55. The molecule has 0 atom stereocenters. The maximum atomic E-state index is 12.5. The quantitative estimate of drug-likeness (QED) is 0.764. The molecule has 3 heteroatoms. The highest BCUT2D eigenvalue weighted by molar-refractivity contribution is 5.97. The van der Waals surface area contributed by atoms with Crippen molar-refractivity contribution in [1.29, 1.82) is 0 Å². The fourth-order valence-electron chi connectivity index (χ4n) is 2.31. The molecule has 19 heavy (non-hydrogen) atoms. The number of morpholine rings is 1. The highest BCUT2D eigenvalue weighted by Crippen LogP contribution is 2.21. The van der Waals surface area contributed by atoms with Crippen molar-refractivity contribution in [2.75, 3.05) is 19.8 Å². The highest BCUT2D eigenvalue weighted by Gasteiger charge is 2.34. The van der Waals surface area contributed by atoms with Gasteiger partial charge in [0.05, 0.1) is 18.8 Å². The molecular weight excluding hydrogens is 238 g/mol. The average Bonchev–Trinajstić information content (AvgIpc) is 2.38. The summed E-state index contributed by atoms with van der Waals surface area (Å²) < 4.78 is 5.45. The first-order valence-corrected chi connectivity index (χ1v) is 6.64. The molecule has 1 heterocycles. The zero-order chi connectivity index (χ0) is 13.9. The Labute approximate surface area is 114 Å². The van der Waals surface area contributed by atoms with E-state index in [-0.39, 0.29) is 11.4 Å². The second-order valence-electron chi connectivity index (χ2n) is 5.56. The molecule has 3 nitrogen and oxygen atoms in total. The second-order valence-corrected chi connectivity index (χ2v) is 5.56. The molecule has 1 aromatic rings. The van der Waals surface area contributed by atoms with Crippen LogP contribution in [0.4, 0.5) is 0 Å². The Morgan fingerprint density at radius 3 is 2.63 bits per heavy atom. The second kappa shape index (κ2) is 5.57. The van der Waals surface area contributed by atoms with Gasteiger partial charge >= 0.3 is 0 Å². The fourth-order valence-corrected chi connectivity index (χ4v) is 2.31. The van der Waals surface area contributed by atoms with Crippen molar-refractivity contribution in [1.82, 2.24) is 4.90 Å². The van der Waals surface area contributed by atoms with Crippen molar-refractivity contribution in [3.8, 4) is 0 Å². The van der Waals surface area contributed by atoms with E-state index in [1.165, 1.54) is 0 Å². The monoisotopic (exact) mass is 259 g/mol. The lowest BCUT2D eigenvalue weighted by atomic mass is 10.0. The van der Waals surface area contributed by atoms with Gasteiger partial charge in [0.2, 0.25) is 5.91 Å². The maximum absolute atomic E-state index is 12.5. The summed E-state index contributed by atoms with van der Waals surface area (Å²) in [6.07, 6.45) is 1.94.